The molecule has 0 aromatic carbocycles. The Morgan fingerprint density at radius 1 is 1.56 bits per heavy atom. The van der Waals surface area contributed by atoms with E-state index in [-0.39, 0.29) is 6.04 Å². The fourth-order valence-corrected chi connectivity index (χ4v) is 1.87. The third kappa shape index (κ3) is 3.45. The highest BCUT2D eigenvalue weighted by Crippen LogP contribution is 2.18. The van der Waals surface area contributed by atoms with Crippen LogP contribution in [0.3, 0.4) is 0 Å². The zero-order valence-electron chi connectivity index (χ0n) is 10.7. The van der Waals surface area contributed by atoms with Gasteiger partial charge in [-0.2, -0.15) is 5.10 Å². The van der Waals surface area contributed by atoms with Gasteiger partial charge in [0.1, 0.15) is 11.9 Å². The molecule has 0 aliphatic carbocycles. The molecular formula is C13H19N3O2. The number of nitrogens with one attached hydrogen (secondary N) is 1. The van der Waals surface area contributed by atoms with Crippen molar-refractivity contribution in [2.75, 3.05) is 0 Å². The first-order valence-electron chi connectivity index (χ1n) is 6.07. The van der Waals surface area contributed by atoms with Crippen molar-refractivity contribution in [3.63, 3.8) is 0 Å². The summed E-state index contributed by atoms with van der Waals surface area (Å²) in [5.41, 5.74) is 1.14. The van der Waals surface area contributed by atoms with Crippen LogP contribution in [0.15, 0.2) is 35.2 Å². The average molecular weight is 249 g/mol. The van der Waals surface area contributed by atoms with Gasteiger partial charge in [0.05, 0.1) is 12.5 Å². The summed E-state index contributed by atoms with van der Waals surface area (Å²) in [6, 6.07) is 3.77. The molecule has 0 radical (unpaired) electrons. The van der Waals surface area contributed by atoms with Gasteiger partial charge in [-0.1, -0.05) is 0 Å². The topological polar surface area (TPSA) is 63.2 Å². The van der Waals surface area contributed by atoms with Crippen molar-refractivity contribution in [3.8, 4) is 0 Å². The van der Waals surface area contributed by atoms with Crippen LogP contribution in [0.5, 0.6) is 0 Å². The van der Waals surface area contributed by atoms with E-state index in [4.69, 9.17) is 4.42 Å². The highest BCUT2D eigenvalue weighted by Gasteiger charge is 2.14. The van der Waals surface area contributed by atoms with Crippen molar-refractivity contribution in [1.29, 1.82) is 0 Å². The maximum atomic E-state index is 9.93. The summed E-state index contributed by atoms with van der Waals surface area (Å²) in [7, 11) is 1.90. The van der Waals surface area contributed by atoms with Gasteiger partial charge in [-0.25, -0.2) is 0 Å². The summed E-state index contributed by atoms with van der Waals surface area (Å²) in [5, 5.41) is 17.4. The second-order valence-corrected chi connectivity index (χ2v) is 4.57. The highest BCUT2D eigenvalue weighted by atomic mass is 16.4. The van der Waals surface area contributed by atoms with Gasteiger partial charge in [0.2, 0.25) is 0 Å². The van der Waals surface area contributed by atoms with Crippen LogP contribution in [-0.4, -0.2) is 20.9 Å². The predicted octanol–water partition coefficient (Wildman–Crippen LogP) is 1.61. The lowest BCUT2D eigenvalue weighted by Crippen LogP contribution is -2.27. The standard InChI is InChI=1S/C13H19N3O2/c1-10(6-12(17)13-4-3-5-18-13)14-7-11-8-15-16(2)9-11/h3-5,8-10,12,14,17H,6-7H2,1-2H3/t10-,12+/m0/s1. The smallest absolute Gasteiger partial charge is 0.132 e. The molecule has 2 heterocycles. The van der Waals surface area contributed by atoms with E-state index in [9.17, 15) is 5.11 Å². The van der Waals surface area contributed by atoms with E-state index in [2.05, 4.69) is 10.4 Å². The molecule has 5 nitrogen and oxygen atoms in total. The number of rotatable bonds is 6. The molecule has 2 N–H and O–H groups in total. The van der Waals surface area contributed by atoms with Gasteiger partial charge in [-0.3, -0.25) is 4.68 Å². The van der Waals surface area contributed by atoms with Crippen molar-refractivity contribution in [3.05, 3.63) is 42.1 Å². The Bertz CT molecular complexity index is 464. The molecule has 0 unspecified atom stereocenters. The van der Waals surface area contributed by atoms with Crippen molar-refractivity contribution in [1.82, 2.24) is 15.1 Å². The van der Waals surface area contributed by atoms with Gasteiger partial charge in [-0.15, -0.1) is 0 Å². The molecular weight excluding hydrogens is 230 g/mol. The lowest BCUT2D eigenvalue weighted by molar-refractivity contribution is 0.128. The molecule has 0 amide bonds. The molecule has 18 heavy (non-hydrogen) atoms. The second kappa shape index (κ2) is 5.84. The maximum Gasteiger partial charge on any atom is 0.132 e. The van der Waals surface area contributed by atoms with Crippen LogP contribution in [0.2, 0.25) is 0 Å². The average Bonchev–Trinajstić information content (AvgIpc) is 2.97. The molecule has 2 atom stereocenters. The summed E-state index contributed by atoms with van der Waals surface area (Å²) in [6.07, 6.45) is 5.45. The Morgan fingerprint density at radius 2 is 2.39 bits per heavy atom. The van der Waals surface area contributed by atoms with Gasteiger partial charge in [-0.05, 0) is 25.5 Å². The molecule has 2 aromatic heterocycles. The fourth-order valence-electron chi connectivity index (χ4n) is 1.87. The highest BCUT2D eigenvalue weighted by molar-refractivity contribution is 5.04. The first kappa shape index (κ1) is 12.9. The second-order valence-electron chi connectivity index (χ2n) is 4.57. The van der Waals surface area contributed by atoms with Crippen LogP contribution in [0.1, 0.15) is 30.8 Å². The lowest BCUT2D eigenvalue weighted by atomic mass is 10.1. The SMILES string of the molecule is C[C@@H](C[C@@H](O)c1ccco1)NCc1cnn(C)c1. The van der Waals surface area contributed by atoms with E-state index in [0.717, 1.165) is 12.1 Å². The quantitative estimate of drug-likeness (QED) is 0.816. The van der Waals surface area contributed by atoms with Crippen molar-refractivity contribution in [2.24, 2.45) is 7.05 Å². The number of aryl methyl sites for hydroxylation is 1. The fraction of sp³-hybridized carbons (Fsp3) is 0.462. The summed E-state index contributed by atoms with van der Waals surface area (Å²) < 4.78 is 6.95. The minimum absolute atomic E-state index is 0.199. The van der Waals surface area contributed by atoms with Crippen LogP contribution < -0.4 is 5.32 Å². The van der Waals surface area contributed by atoms with Crippen LogP contribution in [0.25, 0.3) is 0 Å². The molecule has 98 valence electrons. The van der Waals surface area contributed by atoms with E-state index in [0.29, 0.717) is 12.2 Å². The molecule has 5 heteroatoms. The largest absolute Gasteiger partial charge is 0.467 e. The summed E-state index contributed by atoms with van der Waals surface area (Å²) in [4.78, 5) is 0. The number of aliphatic hydroxyl groups excluding tert-OH is 1. The van der Waals surface area contributed by atoms with Crippen LogP contribution in [-0.2, 0) is 13.6 Å². The van der Waals surface area contributed by atoms with E-state index >= 15 is 0 Å². The number of aliphatic hydroxyl groups is 1. The first-order chi connectivity index (χ1) is 8.65. The van der Waals surface area contributed by atoms with Crippen LogP contribution in [0, 0.1) is 0 Å². The zero-order chi connectivity index (χ0) is 13.0. The molecule has 0 fully saturated rings. The van der Waals surface area contributed by atoms with E-state index in [1.165, 1.54) is 0 Å². The summed E-state index contributed by atoms with van der Waals surface area (Å²) in [5.74, 6) is 0.616. The maximum absolute atomic E-state index is 9.93. The van der Waals surface area contributed by atoms with E-state index in [1.807, 2.05) is 26.4 Å². The number of furan rings is 1. The zero-order valence-corrected chi connectivity index (χ0v) is 10.7. The van der Waals surface area contributed by atoms with Gasteiger partial charge in [0, 0.05) is 31.4 Å². The van der Waals surface area contributed by atoms with Gasteiger partial charge >= 0.3 is 0 Å². The molecule has 0 saturated heterocycles. The molecule has 0 spiro atoms. The van der Waals surface area contributed by atoms with Crippen LogP contribution >= 0.6 is 0 Å². The Morgan fingerprint density at radius 3 is 3.00 bits per heavy atom. The Hall–Kier alpha value is -1.59. The van der Waals surface area contributed by atoms with E-state index < -0.39 is 6.10 Å². The van der Waals surface area contributed by atoms with Gasteiger partial charge in [0.25, 0.3) is 0 Å². The number of hydrogen-bond donors (Lipinski definition) is 2. The Balaban J connectivity index is 1.76. The van der Waals surface area contributed by atoms with Crippen molar-refractivity contribution >= 4 is 0 Å². The van der Waals surface area contributed by atoms with Gasteiger partial charge in [0.15, 0.2) is 0 Å². The van der Waals surface area contributed by atoms with Crippen molar-refractivity contribution in [2.45, 2.75) is 32.0 Å². The number of aromatic nitrogens is 2. The van der Waals surface area contributed by atoms with Crippen molar-refractivity contribution < 1.29 is 9.52 Å². The molecule has 2 rings (SSSR count). The molecule has 0 bridgehead atoms. The van der Waals surface area contributed by atoms with Crippen LogP contribution in [0.4, 0.5) is 0 Å². The third-order valence-corrected chi connectivity index (χ3v) is 2.86. The number of hydrogen-bond acceptors (Lipinski definition) is 4. The summed E-state index contributed by atoms with van der Waals surface area (Å²) >= 11 is 0. The molecule has 0 aliphatic heterocycles. The molecule has 0 saturated carbocycles. The van der Waals surface area contributed by atoms with Gasteiger partial charge < -0.3 is 14.8 Å². The minimum atomic E-state index is -0.559. The molecule has 2 aromatic rings. The molecule has 0 aliphatic rings. The normalized spacial score (nSPS) is 14.6. The Labute approximate surface area is 106 Å². The monoisotopic (exact) mass is 249 g/mol. The van der Waals surface area contributed by atoms with E-state index in [1.54, 1.807) is 23.1 Å². The predicted molar refractivity (Wildman–Crippen MR) is 67.8 cm³/mol. The lowest BCUT2D eigenvalue weighted by Gasteiger charge is -2.16. The third-order valence-electron chi connectivity index (χ3n) is 2.86. The Kier molecular flexibility index (Phi) is 4.17. The first-order valence-corrected chi connectivity index (χ1v) is 6.07. The minimum Gasteiger partial charge on any atom is -0.467 e. The number of nitrogens with zero attached hydrogens (tertiary/aromatic N) is 2. The summed E-state index contributed by atoms with van der Waals surface area (Å²) in [6.45, 7) is 2.79.